The first-order valence-electron chi connectivity index (χ1n) is 7.70. The van der Waals surface area contributed by atoms with Gasteiger partial charge in [-0.15, -0.1) is 5.10 Å². The molecule has 7 heteroatoms. The number of aromatic nitrogens is 4. The first kappa shape index (κ1) is 16.1. The van der Waals surface area contributed by atoms with E-state index < -0.39 is 0 Å². The van der Waals surface area contributed by atoms with Gasteiger partial charge in [-0.25, -0.2) is 9.50 Å². The smallest absolute Gasteiger partial charge is 0.291 e. The maximum atomic E-state index is 12.2. The molecular weight excluding hydrogens is 306 g/mol. The average molecular weight is 325 g/mol. The molecule has 0 fully saturated rings. The highest BCUT2D eigenvalue weighted by molar-refractivity contribution is 5.90. The van der Waals surface area contributed by atoms with Gasteiger partial charge in [-0.05, 0) is 30.5 Å². The van der Waals surface area contributed by atoms with Crippen LogP contribution in [0.4, 0.5) is 0 Å². The highest BCUT2D eigenvalue weighted by Gasteiger charge is 2.13. The molecule has 0 saturated carbocycles. The van der Waals surface area contributed by atoms with Crippen LogP contribution in [0.1, 0.15) is 27.4 Å². The van der Waals surface area contributed by atoms with Gasteiger partial charge in [0.25, 0.3) is 11.7 Å². The van der Waals surface area contributed by atoms with E-state index in [1.54, 1.807) is 17.8 Å². The molecule has 3 rings (SSSR count). The lowest BCUT2D eigenvalue weighted by Gasteiger charge is -2.04. The molecule has 0 bridgehead atoms. The van der Waals surface area contributed by atoms with Crippen LogP contribution in [0.2, 0.25) is 0 Å². The van der Waals surface area contributed by atoms with Gasteiger partial charge in [0.1, 0.15) is 0 Å². The Morgan fingerprint density at radius 2 is 1.96 bits per heavy atom. The molecule has 0 spiro atoms. The van der Waals surface area contributed by atoms with E-state index in [0.717, 1.165) is 23.2 Å². The summed E-state index contributed by atoms with van der Waals surface area (Å²) in [6, 6.07) is 9.95. The highest BCUT2D eigenvalue weighted by atomic mass is 16.5. The summed E-state index contributed by atoms with van der Waals surface area (Å²) in [6.07, 6.45) is 2.39. The summed E-state index contributed by atoms with van der Waals surface area (Å²) >= 11 is 0. The van der Waals surface area contributed by atoms with Gasteiger partial charge in [0.2, 0.25) is 5.82 Å². The Morgan fingerprint density at radius 1 is 1.21 bits per heavy atom. The standard InChI is InChI=1S/C17H19N5O2/c1-12-7-9-19-17-20-15(21-22(12)17)16(23)18-10-8-13-3-5-14(6-4-13)11-24-2/h3-7,9H,8,10-11H2,1-2H3,(H,18,23). The molecule has 0 aliphatic rings. The third-order valence-corrected chi connectivity index (χ3v) is 3.67. The molecule has 1 N–H and O–H groups in total. The van der Waals surface area contributed by atoms with E-state index in [4.69, 9.17) is 4.74 Å². The normalized spacial score (nSPS) is 10.9. The number of amides is 1. The van der Waals surface area contributed by atoms with Gasteiger partial charge in [0.15, 0.2) is 0 Å². The molecule has 124 valence electrons. The minimum absolute atomic E-state index is 0.132. The van der Waals surface area contributed by atoms with Crippen LogP contribution in [0.15, 0.2) is 36.5 Å². The summed E-state index contributed by atoms with van der Waals surface area (Å²) in [4.78, 5) is 20.4. The lowest BCUT2D eigenvalue weighted by atomic mass is 10.1. The van der Waals surface area contributed by atoms with Crippen molar-refractivity contribution in [1.29, 1.82) is 0 Å². The van der Waals surface area contributed by atoms with E-state index in [1.807, 2.05) is 37.3 Å². The third-order valence-electron chi connectivity index (χ3n) is 3.67. The van der Waals surface area contributed by atoms with Crippen molar-refractivity contribution >= 4 is 11.7 Å². The van der Waals surface area contributed by atoms with Gasteiger partial charge in [-0.1, -0.05) is 24.3 Å². The summed E-state index contributed by atoms with van der Waals surface area (Å²) in [7, 11) is 1.67. The fourth-order valence-electron chi connectivity index (χ4n) is 2.37. The van der Waals surface area contributed by atoms with Crippen molar-refractivity contribution in [2.45, 2.75) is 20.0 Å². The maximum Gasteiger partial charge on any atom is 0.291 e. The van der Waals surface area contributed by atoms with Crippen molar-refractivity contribution in [2.75, 3.05) is 13.7 Å². The van der Waals surface area contributed by atoms with Crippen LogP contribution in [0.3, 0.4) is 0 Å². The Morgan fingerprint density at radius 3 is 2.67 bits per heavy atom. The summed E-state index contributed by atoms with van der Waals surface area (Å²) in [5.41, 5.74) is 3.15. The van der Waals surface area contributed by atoms with Gasteiger partial charge >= 0.3 is 0 Å². The van der Waals surface area contributed by atoms with E-state index in [2.05, 4.69) is 20.4 Å². The number of hydrogen-bond acceptors (Lipinski definition) is 5. The SMILES string of the molecule is COCc1ccc(CCNC(=O)c2nc3nccc(C)n3n2)cc1. The lowest BCUT2D eigenvalue weighted by Crippen LogP contribution is -2.26. The molecule has 7 nitrogen and oxygen atoms in total. The average Bonchev–Trinajstić information content (AvgIpc) is 3.02. The highest BCUT2D eigenvalue weighted by Crippen LogP contribution is 2.06. The summed E-state index contributed by atoms with van der Waals surface area (Å²) in [6.45, 7) is 3.01. The molecule has 0 unspecified atom stereocenters. The van der Waals surface area contributed by atoms with Crippen LogP contribution in [-0.4, -0.2) is 39.1 Å². The van der Waals surface area contributed by atoms with Crippen LogP contribution >= 0.6 is 0 Å². The molecule has 2 heterocycles. The maximum absolute atomic E-state index is 12.2. The second-order valence-electron chi connectivity index (χ2n) is 5.49. The first-order chi connectivity index (χ1) is 11.7. The van der Waals surface area contributed by atoms with E-state index in [9.17, 15) is 4.79 Å². The molecule has 0 radical (unpaired) electrons. The zero-order valence-electron chi connectivity index (χ0n) is 13.7. The molecule has 0 atom stereocenters. The number of fused-ring (bicyclic) bond motifs is 1. The molecule has 0 saturated heterocycles. The molecular formula is C17H19N5O2. The number of carbonyl (C=O) groups is 1. The van der Waals surface area contributed by atoms with Crippen molar-refractivity contribution in [3.8, 4) is 0 Å². The second kappa shape index (κ2) is 7.18. The number of hydrogen-bond donors (Lipinski definition) is 1. The topological polar surface area (TPSA) is 81.4 Å². The number of rotatable bonds is 6. The molecule has 3 aromatic rings. The van der Waals surface area contributed by atoms with E-state index in [-0.39, 0.29) is 11.7 Å². The van der Waals surface area contributed by atoms with Gasteiger partial charge < -0.3 is 10.1 Å². The van der Waals surface area contributed by atoms with Crippen molar-refractivity contribution in [1.82, 2.24) is 24.9 Å². The molecule has 1 aromatic carbocycles. The van der Waals surface area contributed by atoms with E-state index in [0.29, 0.717) is 18.9 Å². The summed E-state index contributed by atoms with van der Waals surface area (Å²) < 4.78 is 6.64. The van der Waals surface area contributed by atoms with Crippen LogP contribution in [0.25, 0.3) is 5.78 Å². The quantitative estimate of drug-likeness (QED) is 0.744. The first-order valence-corrected chi connectivity index (χ1v) is 7.70. The zero-order chi connectivity index (χ0) is 16.9. The predicted octanol–water partition coefficient (Wildman–Crippen LogP) is 1.55. The Bertz CT molecular complexity index is 842. The largest absolute Gasteiger partial charge is 0.380 e. The van der Waals surface area contributed by atoms with Gasteiger partial charge in [0, 0.05) is 25.5 Å². The minimum atomic E-state index is -0.295. The second-order valence-corrected chi connectivity index (χ2v) is 5.49. The molecule has 1 amide bonds. The predicted molar refractivity (Wildman–Crippen MR) is 88.7 cm³/mol. The van der Waals surface area contributed by atoms with Crippen LogP contribution < -0.4 is 5.32 Å². The Kier molecular flexibility index (Phi) is 4.81. The monoisotopic (exact) mass is 325 g/mol. The molecule has 0 aliphatic heterocycles. The van der Waals surface area contributed by atoms with Gasteiger partial charge in [-0.3, -0.25) is 4.79 Å². The fraction of sp³-hybridized carbons (Fsp3) is 0.294. The summed E-state index contributed by atoms with van der Waals surface area (Å²) in [5, 5.41) is 7.02. The Balaban J connectivity index is 1.57. The van der Waals surface area contributed by atoms with Crippen molar-refractivity contribution in [2.24, 2.45) is 0 Å². The van der Waals surface area contributed by atoms with Crippen LogP contribution in [-0.2, 0) is 17.8 Å². The van der Waals surface area contributed by atoms with Crippen LogP contribution in [0, 0.1) is 6.92 Å². The molecule has 24 heavy (non-hydrogen) atoms. The summed E-state index contributed by atoms with van der Waals surface area (Å²) in [5.74, 6) is 0.261. The molecule has 0 aliphatic carbocycles. The van der Waals surface area contributed by atoms with Crippen molar-refractivity contribution < 1.29 is 9.53 Å². The third kappa shape index (κ3) is 3.57. The lowest BCUT2D eigenvalue weighted by molar-refractivity contribution is 0.0944. The Hall–Kier alpha value is -2.80. The number of ether oxygens (including phenoxy) is 1. The number of aryl methyl sites for hydroxylation is 1. The number of carbonyl (C=O) groups excluding carboxylic acids is 1. The number of nitrogens with one attached hydrogen (secondary N) is 1. The minimum Gasteiger partial charge on any atom is -0.380 e. The number of benzene rings is 1. The Labute approximate surface area is 139 Å². The zero-order valence-corrected chi connectivity index (χ0v) is 13.7. The fourth-order valence-corrected chi connectivity index (χ4v) is 2.37. The van der Waals surface area contributed by atoms with Crippen molar-refractivity contribution in [3.63, 3.8) is 0 Å². The van der Waals surface area contributed by atoms with Crippen molar-refractivity contribution in [3.05, 3.63) is 59.2 Å². The van der Waals surface area contributed by atoms with Gasteiger partial charge in [0.05, 0.1) is 6.61 Å². The van der Waals surface area contributed by atoms with E-state index in [1.165, 1.54) is 0 Å². The van der Waals surface area contributed by atoms with Gasteiger partial charge in [-0.2, -0.15) is 4.98 Å². The van der Waals surface area contributed by atoms with Crippen LogP contribution in [0.5, 0.6) is 0 Å². The van der Waals surface area contributed by atoms with E-state index >= 15 is 0 Å². The number of nitrogens with zero attached hydrogens (tertiary/aromatic N) is 4. The number of methoxy groups -OCH3 is 1. The molecule has 2 aromatic heterocycles.